The van der Waals surface area contributed by atoms with Gasteiger partial charge < -0.3 is 43.7 Å². The van der Waals surface area contributed by atoms with E-state index in [4.69, 9.17) is 28.8 Å². The molecule has 0 atom stereocenters. The molecule has 12 heteroatoms. The normalized spacial score (nSPS) is 10.3. The van der Waals surface area contributed by atoms with Gasteiger partial charge in [0.25, 0.3) is 0 Å². The fourth-order valence-electron chi connectivity index (χ4n) is 4.52. The average Bonchev–Trinajstić information content (AvgIpc) is 3.06. The molecule has 3 N–H and O–H groups in total. The predicted octanol–water partition coefficient (Wildman–Crippen LogP) is 7.15. The van der Waals surface area contributed by atoms with Crippen LogP contribution in [0.4, 0.5) is 0 Å². The second-order valence-electron chi connectivity index (χ2n) is 11.3. The highest BCUT2D eigenvalue weighted by molar-refractivity contribution is 5.94. The highest BCUT2D eigenvalue weighted by Crippen LogP contribution is 2.35. The maximum atomic E-state index is 11.6. The monoisotopic (exact) mass is 672 g/mol. The molecule has 0 heterocycles. The summed E-state index contributed by atoms with van der Waals surface area (Å²) in [6, 6.07) is 9.28. The van der Waals surface area contributed by atoms with Gasteiger partial charge in [-0.2, -0.15) is 0 Å². The van der Waals surface area contributed by atoms with Gasteiger partial charge in [-0.25, -0.2) is 14.4 Å². The van der Waals surface area contributed by atoms with Gasteiger partial charge in [0.1, 0.15) is 51.2 Å². The maximum Gasteiger partial charge on any atom is 0.341 e. The standard InChI is InChI=1S/C13H18O4.C12H16O4.C11H14O4/c1-8(2)9-6-10(13(14)17-5)12(16-4)7-11(9)15-3;1-7(2)8-5-9(12(13)14)11(16-4)6-10(8)15-3;1-6(2)7-4-8(11(14)15-3)10(13)5-9(7)12/h6-8H,1-5H3;5-7H,1-4H3,(H,13,14);4-6,12-13H,1-3H3. The van der Waals surface area contributed by atoms with Crippen molar-refractivity contribution >= 4 is 17.9 Å². The number of rotatable bonds is 10. The van der Waals surface area contributed by atoms with Crippen molar-refractivity contribution in [3.8, 4) is 34.5 Å². The average molecular weight is 673 g/mol. The van der Waals surface area contributed by atoms with Gasteiger partial charge in [0, 0.05) is 18.2 Å². The first-order chi connectivity index (χ1) is 22.5. The zero-order chi connectivity index (χ0) is 36.9. The number of hydrogen-bond acceptors (Lipinski definition) is 11. The van der Waals surface area contributed by atoms with Crippen molar-refractivity contribution in [2.75, 3.05) is 42.7 Å². The zero-order valence-electron chi connectivity index (χ0n) is 29.7. The summed E-state index contributed by atoms with van der Waals surface area (Å²) in [5.74, 6) is 0.321. The van der Waals surface area contributed by atoms with E-state index in [1.807, 2.05) is 41.5 Å². The Morgan fingerprint density at radius 3 is 1.19 bits per heavy atom. The molecule has 0 saturated carbocycles. The van der Waals surface area contributed by atoms with Crippen LogP contribution in [0, 0.1) is 0 Å². The highest BCUT2D eigenvalue weighted by atomic mass is 16.5. The molecule has 0 unspecified atom stereocenters. The molecule has 0 aliphatic carbocycles. The number of carboxylic acid groups (broad SMARTS) is 1. The summed E-state index contributed by atoms with van der Waals surface area (Å²) in [5, 5.41) is 28.0. The lowest BCUT2D eigenvalue weighted by molar-refractivity contribution is 0.0587. The fourth-order valence-corrected chi connectivity index (χ4v) is 4.52. The number of benzene rings is 3. The molecule has 0 bridgehead atoms. The second kappa shape index (κ2) is 18.9. The van der Waals surface area contributed by atoms with Gasteiger partial charge in [0.05, 0.1) is 42.7 Å². The van der Waals surface area contributed by atoms with Gasteiger partial charge in [-0.3, -0.25) is 0 Å². The number of carboxylic acids is 1. The van der Waals surface area contributed by atoms with Crippen molar-refractivity contribution < 1.29 is 58.1 Å². The molecule has 0 saturated heterocycles. The van der Waals surface area contributed by atoms with E-state index in [9.17, 15) is 24.6 Å². The van der Waals surface area contributed by atoms with Crippen LogP contribution < -0.4 is 18.9 Å². The molecule has 0 amide bonds. The van der Waals surface area contributed by atoms with Crippen LogP contribution in [-0.4, -0.2) is 75.9 Å². The molecular weight excluding hydrogens is 624 g/mol. The first-order valence-corrected chi connectivity index (χ1v) is 15.0. The van der Waals surface area contributed by atoms with Gasteiger partial charge in [0.2, 0.25) is 0 Å². The third-order valence-corrected chi connectivity index (χ3v) is 7.16. The van der Waals surface area contributed by atoms with Crippen LogP contribution in [0.3, 0.4) is 0 Å². The Morgan fingerprint density at radius 1 is 0.479 bits per heavy atom. The number of hydrogen-bond donors (Lipinski definition) is 3. The Morgan fingerprint density at radius 2 is 0.833 bits per heavy atom. The number of phenols is 2. The quantitative estimate of drug-likeness (QED) is 0.186. The minimum Gasteiger partial charge on any atom is -0.508 e. The predicted molar refractivity (Wildman–Crippen MR) is 181 cm³/mol. The van der Waals surface area contributed by atoms with Gasteiger partial charge in [-0.15, -0.1) is 0 Å². The topological polar surface area (TPSA) is 167 Å². The lowest BCUT2D eigenvalue weighted by Gasteiger charge is -2.15. The molecule has 0 fully saturated rings. The summed E-state index contributed by atoms with van der Waals surface area (Å²) in [4.78, 5) is 33.9. The smallest absolute Gasteiger partial charge is 0.341 e. The minimum atomic E-state index is -0.999. The van der Waals surface area contributed by atoms with E-state index in [-0.39, 0.29) is 40.4 Å². The van der Waals surface area contributed by atoms with E-state index >= 15 is 0 Å². The van der Waals surface area contributed by atoms with Gasteiger partial charge in [-0.1, -0.05) is 41.5 Å². The van der Waals surface area contributed by atoms with Crippen molar-refractivity contribution in [2.45, 2.75) is 59.3 Å². The third-order valence-electron chi connectivity index (χ3n) is 7.16. The number of aromatic carboxylic acids is 1. The molecule has 0 aromatic heterocycles. The molecule has 0 radical (unpaired) electrons. The Hall–Kier alpha value is -5.13. The van der Waals surface area contributed by atoms with E-state index in [0.717, 1.165) is 17.2 Å². The molecule has 3 rings (SSSR count). The van der Waals surface area contributed by atoms with Crippen LogP contribution in [0.15, 0.2) is 36.4 Å². The number of phenolic OH excluding ortho intramolecular Hbond substituents is 2. The summed E-state index contributed by atoms with van der Waals surface area (Å²) in [7, 11) is 8.69. The van der Waals surface area contributed by atoms with Crippen LogP contribution in [0.2, 0.25) is 0 Å². The molecule has 0 spiro atoms. The van der Waals surface area contributed by atoms with E-state index in [1.54, 1.807) is 38.5 Å². The molecule has 0 aliphatic heterocycles. The fraction of sp³-hybridized carbons (Fsp3) is 0.417. The summed E-state index contributed by atoms with van der Waals surface area (Å²) in [6.07, 6.45) is 0. The maximum absolute atomic E-state index is 11.6. The lowest BCUT2D eigenvalue weighted by atomic mass is 9.99. The summed E-state index contributed by atoms with van der Waals surface area (Å²) < 4.78 is 29.9. The molecule has 0 aliphatic rings. The Bertz CT molecular complexity index is 1560. The van der Waals surface area contributed by atoms with E-state index in [0.29, 0.717) is 34.1 Å². The summed E-state index contributed by atoms with van der Waals surface area (Å²) >= 11 is 0. The van der Waals surface area contributed by atoms with Crippen molar-refractivity contribution in [3.63, 3.8) is 0 Å². The third kappa shape index (κ3) is 10.4. The Kier molecular flexibility index (Phi) is 16.1. The van der Waals surface area contributed by atoms with Crippen molar-refractivity contribution in [3.05, 3.63) is 69.8 Å². The highest BCUT2D eigenvalue weighted by Gasteiger charge is 2.20. The van der Waals surface area contributed by atoms with Crippen LogP contribution in [0.25, 0.3) is 0 Å². The first-order valence-electron chi connectivity index (χ1n) is 15.0. The van der Waals surface area contributed by atoms with E-state index in [2.05, 4.69) is 4.74 Å². The van der Waals surface area contributed by atoms with Crippen molar-refractivity contribution in [1.82, 2.24) is 0 Å². The SMILES string of the molecule is COC(=O)c1cc(C(C)C)c(O)cc1O.COC(=O)c1cc(C(C)C)c(OC)cc1OC.COc1cc(OC)c(C(C)C)cc1C(=O)O. The van der Waals surface area contributed by atoms with Crippen LogP contribution in [-0.2, 0) is 9.47 Å². The number of methoxy groups -OCH3 is 6. The molecule has 12 nitrogen and oxygen atoms in total. The molecule has 3 aromatic rings. The van der Waals surface area contributed by atoms with Crippen LogP contribution in [0.5, 0.6) is 34.5 Å². The lowest BCUT2D eigenvalue weighted by Crippen LogP contribution is -2.06. The van der Waals surface area contributed by atoms with Gasteiger partial charge in [0.15, 0.2) is 0 Å². The van der Waals surface area contributed by atoms with Crippen molar-refractivity contribution in [2.24, 2.45) is 0 Å². The Balaban J connectivity index is 0.000000361. The zero-order valence-corrected chi connectivity index (χ0v) is 29.7. The number of carbonyl (C=O) groups is 3. The van der Waals surface area contributed by atoms with Crippen molar-refractivity contribution in [1.29, 1.82) is 0 Å². The van der Waals surface area contributed by atoms with Gasteiger partial charge in [-0.05, 0) is 52.6 Å². The number of aromatic hydroxyl groups is 2. The van der Waals surface area contributed by atoms with Gasteiger partial charge >= 0.3 is 17.9 Å². The largest absolute Gasteiger partial charge is 0.508 e. The van der Waals surface area contributed by atoms with Crippen LogP contribution >= 0.6 is 0 Å². The second-order valence-corrected chi connectivity index (χ2v) is 11.3. The van der Waals surface area contributed by atoms with E-state index in [1.165, 1.54) is 34.5 Å². The molecule has 3 aromatic carbocycles. The number of esters is 2. The molecule has 48 heavy (non-hydrogen) atoms. The summed E-state index contributed by atoms with van der Waals surface area (Å²) in [5.41, 5.74) is 3.06. The minimum absolute atomic E-state index is 0.0184. The number of carbonyl (C=O) groups excluding carboxylic acids is 2. The van der Waals surface area contributed by atoms with E-state index < -0.39 is 17.9 Å². The molecular formula is C36H48O12. The molecule has 264 valence electrons. The number of ether oxygens (including phenoxy) is 6. The van der Waals surface area contributed by atoms with Crippen LogP contribution in [0.1, 0.15) is 107 Å². The summed E-state index contributed by atoms with van der Waals surface area (Å²) in [6.45, 7) is 11.8. The Labute approximate surface area is 282 Å². The first kappa shape index (κ1) is 40.9.